The Bertz CT molecular complexity index is 901. The molecule has 27 heavy (non-hydrogen) atoms. The number of rotatable bonds is 6. The Kier molecular flexibility index (Phi) is 5.81. The molecule has 2 aromatic rings. The van der Waals surface area contributed by atoms with Gasteiger partial charge in [-0.05, 0) is 26.2 Å². The van der Waals surface area contributed by atoms with Crippen LogP contribution in [0.2, 0.25) is 0 Å². The number of imidazole rings is 1. The highest BCUT2D eigenvalue weighted by atomic mass is 32.2. The summed E-state index contributed by atoms with van der Waals surface area (Å²) in [6.45, 7) is 7.87. The maximum atomic E-state index is 12.6. The van der Waals surface area contributed by atoms with Gasteiger partial charge in [0.1, 0.15) is 17.5 Å². The zero-order valence-electron chi connectivity index (χ0n) is 16.4. The van der Waals surface area contributed by atoms with Crippen LogP contribution in [0.15, 0.2) is 17.3 Å². The van der Waals surface area contributed by atoms with Gasteiger partial charge in [-0.2, -0.15) is 0 Å². The van der Waals surface area contributed by atoms with E-state index in [0.717, 1.165) is 43.3 Å². The molecule has 1 aliphatic heterocycles. The highest BCUT2D eigenvalue weighted by Crippen LogP contribution is 2.19. The molecule has 0 amide bonds. The molecule has 3 heterocycles. The average Bonchev–Trinajstić information content (AvgIpc) is 3.03. The zero-order chi connectivity index (χ0) is 19.6. The predicted octanol–water partition coefficient (Wildman–Crippen LogP) is 2.11. The van der Waals surface area contributed by atoms with Crippen LogP contribution in [0.3, 0.4) is 0 Å². The zero-order valence-corrected chi connectivity index (χ0v) is 17.3. The second kappa shape index (κ2) is 7.93. The topological polar surface area (TPSA) is 93.0 Å². The molecule has 0 spiro atoms. The van der Waals surface area contributed by atoms with Crippen molar-refractivity contribution < 1.29 is 8.42 Å². The van der Waals surface area contributed by atoms with Crippen LogP contribution in [0.1, 0.15) is 56.4 Å². The molecule has 148 valence electrons. The van der Waals surface area contributed by atoms with Gasteiger partial charge in [0.05, 0.1) is 6.54 Å². The van der Waals surface area contributed by atoms with E-state index in [4.69, 9.17) is 0 Å². The number of aromatic nitrogens is 4. The maximum Gasteiger partial charge on any atom is 0.260 e. The number of hydrogen-bond acceptors (Lipinski definition) is 6. The van der Waals surface area contributed by atoms with E-state index in [9.17, 15) is 8.42 Å². The fraction of sp³-hybridized carbons (Fsp3) is 0.611. The summed E-state index contributed by atoms with van der Waals surface area (Å²) in [6, 6.07) is 1.96. The smallest absolute Gasteiger partial charge is 0.260 e. The van der Waals surface area contributed by atoms with Crippen molar-refractivity contribution in [1.82, 2.24) is 24.2 Å². The summed E-state index contributed by atoms with van der Waals surface area (Å²) in [7, 11) is -1.92. The van der Waals surface area contributed by atoms with Crippen molar-refractivity contribution in [1.29, 1.82) is 0 Å². The largest absolute Gasteiger partial charge is 0.357 e. The van der Waals surface area contributed by atoms with E-state index < -0.39 is 10.0 Å². The minimum atomic E-state index is -3.72. The van der Waals surface area contributed by atoms with Gasteiger partial charge in [-0.15, -0.1) is 0 Å². The summed E-state index contributed by atoms with van der Waals surface area (Å²) in [5.41, 5.74) is 0.833. The molecular formula is C18H28N6O2S. The molecule has 9 heteroatoms. The fourth-order valence-corrected chi connectivity index (χ4v) is 4.31. The lowest BCUT2D eigenvalue weighted by atomic mass is 10.1. The average molecular weight is 393 g/mol. The van der Waals surface area contributed by atoms with Crippen LogP contribution >= 0.6 is 0 Å². The van der Waals surface area contributed by atoms with Crippen LogP contribution in [-0.2, 0) is 23.6 Å². The minimum absolute atomic E-state index is 0.0256. The molecule has 0 aromatic carbocycles. The number of sulfonamides is 1. The lowest BCUT2D eigenvalue weighted by Gasteiger charge is -2.28. The van der Waals surface area contributed by atoms with Gasteiger partial charge < -0.3 is 9.47 Å². The first kappa shape index (κ1) is 19.8. The normalized spacial score (nSPS) is 15.5. The van der Waals surface area contributed by atoms with Gasteiger partial charge >= 0.3 is 0 Å². The quantitative estimate of drug-likeness (QED) is 0.809. The van der Waals surface area contributed by atoms with Crippen molar-refractivity contribution in [3.63, 3.8) is 0 Å². The third-order valence-corrected chi connectivity index (χ3v) is 5.94. The Morgan fingerprint density at radius 2 is 1.85 bits per heavy atom. The summed E-state index contributed by atoms with van der Waals surface area (Å²) in [4.78, 5) is 15.5. The molecule has 0 atom stereocenters. The van der Waals surface area contributed by atoms with E-state index in [1.807, 2.05) is 26.8 Å². The molecule has 0 bridgehead atoms. The third kappa shape index (κ3) is 4.65. The Balaban J connectivity index is 1.75. The highest BCUT2D eigenvalue weighted by molar-refractivity contribution is 7.89. The number of nitrogens with one attached hydrogen (secondary N) is 1. The van der Waals surface area contributed by atoms with Crippen molar-refractivity contribution in [2.75, 3.05) is 18.0 Å². The Morgan fingerprint density at radius 3 is 2.48 bits per heavy atom. The summed E-state index contributed by atoms with van der Waals surface area (Å²) in [6.07, 6.45) is 5.09. The monoisotopic (exact) mass is 392 g/mol. The van der Waals surface area contributed by atoms with Gasteiger partial charge in [-0.3, -0.25) is 0 Å². The second-order valence-electron chi connectivity index (χ2n) is 7.36. The molecule has 0 aliphatic carbocycles. The van der Waals surface area contributed by atoms with Crippen LogP contribution in [-0.4, -0.2) is 41.0 Å². The molecule has 1 N–H and O–H groups in total. The number of nitrogens with zero attached hydrogens (tertiary/aromatic N) is 5. The molecule has 8 nitrogen and oxygen atoms in total. The second-order valence-corrected chi connectivity index (χ2v) is 9.07. The molecule has 1 saturated heterocycles. The van der Waals surface area contributed by atoms with Gasteiger partial charge in [0.25, 0.3) is 10.0 Å². The van der Waals surface area contributed by atoms with Crippen LogP contribution in [0.25, 0.3) is 0 Å². The van der Waals surface area contributed by atoms with E-state index in [0.29, 0.717) is 5.82 Å². The molecule has 1 aliphatic rings. The number of aryl methyl sites for hydroxylation is 2. The third-order valence-electron chi connectivity index (χ3n) is 4.67. The highest BCUT2D eigenvalue weighted by Gasteiger charge is 2.21. The van der Waals surface area contributed by atoms with E-state index in [1.165, 1.54) is 12.6 Å². The van der Waals surface area contributed by atoms with Gasteiger partial charge in [0, 0.05) is 44.0 Å². The van der Waals surface area contributed by atoms with E-state index in [2.05, 4.69) is 24.6 Å². The van der Waals surface area contributed by atoms with Gasteiger partial charge in [0.2, 0.25) is 0 Å². The number of piperidine rings is 1. The summed E-state index contributed by atoms with van der Waals surface area (Å²) >= 11 is 0. The van der Waals surface area contributed by atoms with Crippen LogP contribution < -0.4 is 9.62 Å². The predicted molar refractivity (Wildman–Crippen MR) is 104 cm³/mol. The van der Waals surface area contributed by atoms with E-state index in [-0.39, 0.29) is 17.5 Å². The first-order chi connectivity index (χ1) is 12.8. The first-order valence-corrected chi connectivity index (χ1v) is 10.9. The van der Waals surface area contributed by atoms with Gasteiger partial charge in [-0.1, -0.05) is 13.8 Å². The van der Waals surface area contributed by atoms with Crippen LogP contribution in [0.5, 0.6) is 0 Å². The minimum Gasteiger partial charge on any atom is -0.357 e. The Morgan fingerprint density at radius 1 is 1.15 bits per heavy atom. The molecule has 0 saturated carbocycles. The first-order valence-electron chi connectivity index (χ1n) is 9.38. The molecule has 3 rings (SSSR count). The molecule has 1 fully saturated rings. The van der Waals surface area contributed by atoms with Crippen LogP contribution in [0.4, 0.5) is 5.82 Å². The lowest BCUT2D eigenvalue weighted by Crippen LogP contribution is -2.31. The molecule has 0 radical (unpaired) electrons. The standard InChI is InChI=1S/C18H28N6O2S/c1-13(2)18-22-17(12-23(18)4)27(25,26)19-11-15-20-14(3)10-16(21-15)24-8-6-5-7-9-24/h10,12-13,19H,5-9,11H2,1-4H3. The summed E-state index contributed by atoms with van der Waals surface area (Å²) < 4.78 is 29.6. The van der Waals surface area contributed by atoms with Gasteiger partial charge in [0.15, 0.2) is 5.03 Å². The Labute approximate surface area is 161 Å². The molecule has 0 unspecified atom stereocenters. The molecule has 2 aromatic heterocycles. The van der Waals surface area contributed by atoms with Crippen molar-refractivity contribution in [2.45, 2.75) is 57.5 Å². The summed E-state index contributed by atoms with van der Waals surface area (Å²) in [5.74, 6) is 2.22. The SMILES string of the molecule is Cc1cc(N2CCCCC2)nc(CNS(=O)(=O)c2cn(C)c(C(C)C)n2)n1. The van der Waals surface area contributed by atoms with Crippen molar-refractivity contribution in [3.05, 3.63) is 29.6 Å². The fourth-order valence-electron chi connectivity index (χ4n) is 3.33. The van der Waals surface area contributed by atoms with Crippen molar-refractivity contribution >= 4 is 15.8 Å². The van der Waals surface area contributed by atoms with Crippen molar-refractivity contribution in [2.24, 2.45) is 7.05 Å². The van der Waals surface area contributed by atoms with Crippen LogP contribution in [0, 0.1) is 6.92 Å². The number of hydrogen-bond donors (Lipinski definition) is 1. The van der Waals surface area contributed by atoms with Crippen molar-refractivity contribution in [3.8, 4) is 0 Å². The van der Waals surface area contributed by atoms with Gasteiger partial charge in [-0.25, -0.2) is 28.1 Å². The van der Waals surface area contributed by atoms with E-state index >= 15 is 0 Å². The van der Waals surface area contributed by atoms with E-state index in [1.54, 1.807) is 11.6 Å². The Hall–Kier alpha value is -2.00. The number of anilines is 1. The maximum absolute atomic E-state index is 12.6. The lowest BCUT2D eigenvalue weighted by molar-refractivity contribution is 0.568. The summed E-state index contributed by atoms with van der Waals surface area (Å²) in [5, 5.41) is 0.0256. The molecular weight excluding hydrogens is 364 g/mol.